The van der Waals surface area contributed by atoms with E-state index in [0.29, 0.717) is 0 Å². The molecular formula is C18H15F5NO5P. The van der Waals surface area contributed by atoms with Crippen LogP contribution in [-0.2, 0) is 9.53 Å². The average Bonchev–Trinajstić information content (AvgIpc) is 2.68. The number of esters is 1. The summed E-state index contributed by atoms with van der Waals surface area (Å²) in [4.78, 5) is 23.8. The summed E-state index contributed by atoms with van der Waals surface area (Å²) in [7, 11) is -2.88. The van der Waals surface area contributed by atoms with Gasteiger partial charge in [0.15, 0.2) is 11.8 Å². The molecule has 2 unspecified atom stereocenters. The lowest BCUT2D eigenvalue weighted by Crippen LogP contribution is -2.21. The number of para-hydroxylation sites is 2. The fraction of sp³-hybridized carbons (Fsp3) is 0.278. The molecule has 0 bridgehead atoms. The van der Waals surface area contributed by atoms with Gasteiger partial charge in [0.05, 0.1) is 6.10 Å². The smallest absolute Gasteiger partial charge is 0.395 e. The van der Waals surface area contributed by atoms with Crippen LogP contribution in [0.1, 0.15) is 20.8 Å². The molecule has 0 saturated carbocycles. The number of rotatable bonds is 7. The third-order valence-corrected chi connectivity index (χ3v) is 4.26. The summed E-state index contributed by atoms with van der Waals surface area (Å²) in [5, 5.41) is 0. The second kappa shape index (κ2) is 9.82. The van der Waals surface area contributed by atoms with E-state index in [2.05, 4.69) is 4.74 Å². The van der Waals surface area contributed by atoms with Crippen LogP contribution in [0.5, 0.6) is 17.2 Å². The summed E-state index contributed by atoms with van der Waals surface area (Å²) in [5.41, 5.74) is 0. The summed E-state index contributed by atoms with van der Waals surface area (Å²) in [6.07, 6.45) is -0.427. The molecule has 2 aromatic rings. The van der Waals surface area contributed by atoms with Gasteiger partial charge in [-0.25, -0.2) is 18.0 Å². The molecule has 0 radical (unpaired) electrons. The minimum Gasteiger partial charge on any atom is -0.575 e. The number of carbonyl (C=O) groups excluding carboxylic acids is 1. The molecule has 0 saturated heterocycles. The van der Waals surface area contributed by atoms with Crippen LogP contribution in [0.25, 0.3) is 0 Å². The van der Waals surface area contributed by atoms with E-state index in [1.54, 1.807) is 13.8 Å². The van der Waals surface area contributed by atoms with Crippen molar-refractivity contribution in [2.75, 3.05) is 0 Å². The summed E-state index contributed by atoms with van der Waals surface area (Å²) in [5.74, 6) is -14.3. The first-order valence-corrected chi connectivity index (χ1v) is 9.50. The fourth-order valence-corrected chi connectivity index (χ4v) is 2.76. The lowest BCUT2D eigenvalue weighted by Gasteiger charge is -2.12. The molecule has 0 aliphatic rings. The van der Waals surface area contributed by atoms with Crippen LogP contribution >= 0.6 is 8.17 Å². The zero-order valence-corrected chi connectivity index (χ0v) is 16.7. The summed E-state index contributed by atoms with van der Waals surface area (Å²) in [6, 6.07) is 3.75. The predicted octanol–water partition coefficient (Wildman–Crippen LogP) is 4.75. The van der Waals surface area contributed by atoms with Gasteiger partial charge >= 0.3 is 14.1 Å². The van der Waals surface area contributed by atoms with Gasteiger partial charge < -0.3 is 14.4 Å². The van der Waals surface area contributed by atoms with Gasteiger partial charge in [0.25, 0.3) is 0 Å². The first kappa shape index (κ1) is 23.5. The molecule has 0 aromatic heterocycles. The third kappa shape index (κ3) is 5.43. The van der Waals surface area contributed by atoms with Crippen molar-refractivity contribution in [2.24, 2.45) is 4.74 Å². The van der Waals surface area contributed by atoms with Crippen LogP contribution in [0.2, 0.25) is 0 Å². The van der Waals surface area contributed by atoms with Gasteiger partial charge in [0, 0.05) is 0 Å². The normalized spacial score (nSPS) is 12.7. The van der Waals surface area contributed by atoms with Crippen molar-refractivity contribution in [3.63, 3.8) is 0 Å². The molecule has 162 valence electrons. The van der Waals surface area contributed by atoms with Gasteiger partial charge in [-0.1, -0.05) is 16.9 Å². The van der Waals surface area contributed by atoms with Crippen LogP contribution in [0.3, 0.4) is 0 Å². The highest BCUT2D eigenvalue weighted by Crippen LogP contribution is 2.39. The zero-order valence-electron chi connectivity index (χ0n) is 15.8. The second-order valence-electron chi connectivity index (χ2n) is 6.05. The summed E-state index contributed by atoms with van der Waals surface area (Å²) < 4.78 is 85.8. The van der Waals surface area contributed by atoms with Crippen molar-refractivity contribution in [2.45, 2.75) is 32.9 Å². The van der Waals surface area contributed by atoms with Crippen LogP contribution in [0.15, 0.2) is 29.0 Å². The number of halogens is 5. The monoisotopic (exact) mass is 451 g/mol. The van der Waals surface area contributed by atoms with E-state index in [4.69, 9.17) is 14.0 Å². The van der Waals surface area contributed by atoms with E-state index < -0.39 is 66.9 Å². The van der Waals surface area contributed by atoms with Gasteiger partial charge in [-0.05, 0) is 32.9 Å². The van der Waals surface area contributed by atoms with Gasteiger partial charge in [-0.15, -0.1) is 0 Å². The van der Waals surface area contributed by atoms with Gasteiger partial charge in [-0.3, -0.25) is 4.52 Å². The van der Waals surface area contributed by atoms with E-state index in [1.165, 1.54) is 19.1 Å². The quantitative estimate of drug-likeness (QED) is 0.200. The van der Waals surface area contributed by atoms with Crippen molar-refractivity contribution in [3.05, 3.63) is 53.4 Å². The molecule has 0 fully saturated rings. The topological polar surface area (TPSA) is 80.2 Å². The minimum absolute atomic E-state index is 0.379. The Labute approximate surface area is 168 Å². The van der Waals surface area contributed by atoms with Crippen molar-refractivity contribution in [1.29, 1.82) is 0 Å². The minimum atomic E-state index is -2.88. The Morgan fingerprint density at radius 2 is 1.43 bits per heavy atom. The number of benzene rings is 2. The molecule has 0 spiro atoms. The van der Waals surface area contributed by atoms with E-state index in [0.717, 1.165) is 12.1 Å². The van der Waals surface area contributed by atoms with E-state index in [9.17, 15) is 31.6 Å². The van der Waals surface area contributed by atoms with E-state index in [-0.39, 0.29) is 5.75 Å². The molecule has 2 atom stereocenters. The molecule has 0 aliphatic carbocycles. The first-order chi connectivity index (χ1) is 14.0. The Hall–Kier alpha value is -2.78. The lowest BCUT2D eigenvalue weighted by molar-refractivity contribution is -0.170. The summed E-state index contributed by atoms with van der Waals surface area (Å²) in [6.45, 7) is 4.51. The Morgan fingerprint density at radius 3 is 1.97 bits per heavy atom. The Morgan fingerprint density at radius 1 is 0.933 bits per heavy atom. The number of hydrogen-bond donors (Lipinski definition) is 0. The second-order valence-corrected chi connectivity index (χ2v) is 6.94. The zero-order chi connectivity index (χ0) is 22.6. The Bertz CT molecular complexity index is 957. The van der Waals surface area contributed by atoms with Crippen LogP contribution in [-0.4, -0.2) is 18.1 Å². The third-order valence-electron chi connectivity index (χ3n) is 3.37. The predicted molar refractivity (Wildman–Crippen MR) is 93.4 cm³/mol. The largest absolute Gasteiger partial charge is 0.575 e. The van der Waals surface area contributed by atoms with Gasteiger partial charge in [-0.2, -0.15) is 8.78 Å². The highest BCUT2D eigenvalue weighted by atomic mass is 31.1. The Balaban J connectivity index is 2.30. The number of carbonyl (C=O) groups is 1. The number of hydrogen-bond acceptors (Lipinski definition) is 6. The SMILES string of the molecule is CC(C)OC(=O)C(C)/N=[P+](\[O-])Oc1ccccc1Oc1c(F)c(F)c(F)c(F)c1F. The highest BCUT2D eigenvalue weighted by Gasteiger charge is 2.28. The number of ether oxygens (including phenoxy) is 2. The number of nitrogens with zero attached hydrogens (tertiary/aromatic N) is 1. The molecular weight excluding hydrogens is 436 g/mol. The molecule has 0 aliphatic heterocycles. The van der Waals surface area contributed by atoms with Gasteiger partial charge in [0.2, 0.25) is 40.6 Å². The van der Waals surface area contributed by atoms with Crippen LogP contribution < -0.4 is 14.2 Å². The van der Waals surface area contributed by atoms with E-state index >= 15 is 0 Å². The maximum Gasteiger partial charge on any atom is 0.395 e. The highest BCUT2D eigenvalue weighted by molar-refractivity contribution is 7.34. The Kier molecular flexibility index (Phi) is 7.69. The molecule has 0 heterocycles. The maximum atomic E-state index is 13.8. The van der Waals surface area contributed by atoms with Crippen LogP contribution in [0, 0.1) is 29.1 Å². The maximum absolute atomic E-state index is 13.8. The molecule has 2 rings (SSSR count). The molecule has 30 heavy (non-hydrogen) atoms. The average molecular weight is 451 g/mol. The van der Waals surface area contributed by atoms with Crippen molar-refractivity contribution < 1.29 is 45.6 Å². The van der Waals surface area contributed by atoms with Crippen molar-refractivity contribution in [1.82, 2.24) is 0 Å². The molecule has 0 N–H and O–H groups in total. The van der Waals surface area contributed by atoms with Crippen molar-refractivity contribution >= 4 is 14.1 Å². The molecule has 12 heteroatoms. The first-order valence-electron chi connectivity index (χ1n) is 8.37. The molecule has 6 nitrogen and oxygen atoms in total. The standard InChI is InChI=1S/C18H15F5NO5P/c1-8(2)27-18(25)9(3)24-30(26)29-11-7-5-4-6-10(11)28-17-15(22)13(20)12(19)14(21)16(17)23/h4-9H,1-3H3. The molecule has 2 aromatic carbocycles. The fourth-order valence-electron chi connectivity index (χ4n) is 2.02. The summed E-state index contributed by atoms with van der Waals surface area (Å²) >= 11 is 0. The van der Waals surface area contributed by atoms with E-state index in [1.807, 2.05) is 0 Å². The molecule has 0 amide bonds. The van der Waals surface area contributed by atoms with Crippen LogP contribution in [0.4, 0.5) is 22.0 Å². The van der Waals surface area contributed by atoms with Crippen molar-refractivity contribution in [3.8, 4) is 17.2 Å². The van der Waals surface area contributed by atoms with Gasteiger partial charge in [0.1, 0.15) is 0 Å². The lowest BCUT2D eigenvalue weighted by atomic mass is 10.2.